The standard InChI is InChI=1S/C19H27N5.C13H18BrClN4O/c1-24-18(10-13-2-3-13)16(12-22-24)17-8-9-21-19(23-17)11-14-4-6-15(20)7-5-14;1-19(12(20)9-4-2-5-9)7-3-6-16-11-10(14)8-17-13(15)18-11/h8-9,12-15H,2-7,10-11,20H2,1H3;8-9H,2-7H2,1H3,(H,16,17,18). The van der Waals surface area contributed by atoms with E-state index < -0.39 is 0 Å². The Morgan fingerprint density at radius 1 is 1.07 bits per heavy atom. The number of rotatable bonds is 11. The van der Waals surface area contributed by atoms with E-state index >= 15 is 0 Å². The first kappa shape index (κ1) is 32.8. The van der Waals surface area contributed by atoms with Gasteiger partial charge in [-0.1, -0.05) is 6.42 Å². The minimum absolute atomic E-state index is 0.216. The molecule has 0 aliphatic heterocycles. The van der Waals surface area contributed by atoms with Crippen molar-refractivity contribution in [1.29, 1.82) is 0 Å². The summed E-state index contributed by atoms with van der Waals surface area (Å²) in [6.45, 7) is 1.48. The Kier molecular flexibility index (Phi) is 11.6. The lowest BCUT2D eigenvalue weighted by Crippen LogP contribution is -2.37. The van der Waals surface area contributed by atoms with Crippen molar-refractivity contribution >= 4 is 39.3 Å². The molecular formula is C32H45BrClN9O. The molecule has 0 bridgehead atoms. The average molecular weight is 687 g/mol. The summed E-state index contributed by atoms with van der Waals surface area (Å²) < 4.78 is 2.79. The fraction of sp³-hybridized carbons (Fsp3) is 0.625. The van der Waals surface area contributed by atoms with Gasteiger partial charge in [-0.05, 0) is 110 Å². The molecule has 3 saturated carbocycles. The van der Waals surface area contributed by atoms with Gasteiger partial charge >= 0.3 is 0 Å². The number of carbonyl (C=O) groups excluding carboxylic acids is 1. The van der Waals surface area contributed by atoms with Gasteiger partial charge in [0, 0.05) is 69.2 Å². The second kappa shape index (κ2) is 15.6. The van der Waals surface area contributed by atoms with Crippen LogP contribution in [0.5, 0.6) is 0 Å². The third-order valence-electron chi connectivity index (χ3n) is 9.09. The molecule has 3 aliphatic rings. The van der Waals surface area contributed by atoms with E-state index in [2.05, 4.69) is 41.3 Å². The molecule has 3 aromatic rings. The Morgan fingerprint density at radius 3 is 2.50 bits per heavy atom. The molecule has 6 rings (SSSR count). The number of aromatic nitrogens is 6. The number of anilines is 1. The summed E-state index contributed by atoms with van der Waals surface area (Å²) in [7, 11) is 3.91. The highest BCUT2D eigenvalue weighted by atomic mass is 79.9. The molecule has 3 aliphatic carbocycles. The molecule has 12 heteroatoms. The molecule has 44 heavy (non-hydrogen) atoms. The van der Waals surface area contributed by atoms with Crippen LogP contribution in [0.2, 0.25) is 5.28 Å². The monoisotopic (exact) mass is 685 g/mol. The smallest absolute Gasteiger partial charge is 0.225 e. The summed E-state index contributed by atoms with van der Waals surface area (Å²) in [4.78, 5) is 31.1. The number of halogens is 2. The average Bonchev–Trinajstić information content (AvgIpc) is 3.74. The van der Waals surface area contributed by atoms with Crippen molar-refractivity contribution in [2.45, 2.75) is 83.1 Å². The fourth-order valence-electron chi connectivity index (χ4n) is 5.88. The highest BCUT2D eigenvalue weighted by Gasteiger charge is 2.28. The zero-order valence-corrected chi connectivity index (χ0v) is 28.2. The van der Waals surface area contributed by atoms with Crippen molar-refractivity contribution in [2.75, 3.05) is 25.5 Å². The molecule has 0 saturated heterocycles. The minimum atomic E-state index is 0.216. The molecule has 3 heterocycles. The van der Waals surface area contributed by atoms with Gasteiger partial charge in [-0.2, -0.15) is 10.1 Å². The van der Waals surface area contributed by atoms with E-state index in [0.717, 1.165) is 79.9 Å². The van der Waals surface area contributed by atoms with Gasteiger partial charge in [-0.25, -0.2) is 15.0 Å². The number of nitrogens with zero attached hydrogens (tertiary/aromatic N) is 7. The summed E-state index contributed by atoms with van der Waals surface area (Å²) in [6.07, 6.45) is 19.1. The van der Waals surface area contributed by atoms with Crippen LogP contribution < -0.4 is 11.1 Å². The van der Waals surface area contributed by atoms with Crippen LogP contribution in [0.4, 0.5) is 5.82 Å². The molecule has 3 N–H and O–H groups in total. The topological polar surface area (TPSA) is 128 Å². The van der Waals surface area contributed by atoms with Crippen molar-refractivity contribution in [3.63, 3.8) is 0 Å². The summed E-state index contributed by atoms with van der Waals surface area (Å²) in [5.74, 6) is 3.71. The Labute approximate surface area is 274 Å². The second-order valence-corrected chi connectivity index (χ2v) is 13.8. The third kappa shape index (κ3) is 9.20. The maximum Gasteiger partial charge on any atom is 0.225 e. The number of nitrogens with two attached hydrogens (primary N) is 1. The number of nitrogens with one attached hydrogen (secondary N) is 1. The van der Waals surface area contributed by atoms with Crippen LogP contribution in [0.1, 0.15) is 75.7 Å². The molecule has 0 spiro atoms. The molecule has 238 valence electrons. The largest absolute Gasteiger partial charge is 0.369 e. The van der Waals surface area contributed by atoms with Gasteiger partial charge in [0.05, 0.1) is 16.4 Å². The van der Waals surface area contributed by atoms with E-state index in [1.54, 1.807) is 6.20 Å². The lowest BCUT2D eigenvalue weighted by Gasteiger charge is -2.29. The van der Waals surface area contributed by atoms with Crippen molar-refractivity contribution in [2.24, 2.45) is 30.5 Å². The van der Waals surface area contributed by atoms with Gasteiger partial charge < -0.3 is 16.0 Å². The normalized spacial score (nSPS) is 19.9. The maximum absolute atomic E-state index is 11.9. The van der Waals surface area contributed by atoms with Gasteiger partial charge in [0.2, 0.25) is 11.2 Å². The van der Waals surface area contributed by atoms with E-state index in [9.17, 15) is 4.79 Å². The summed E-state index contributed by atoms with van der Waals surface area (Å²) in [5, 5.41) is 7.87. The van der Waals surface area contributed by atoms with Gasteiger partial charge in [-0.3, -0.25) is 9.48 Å². The van der Waals surface area contributed by atoms with E-state index in [-0.39, 0.29) is 17.1 Å². The van der Waals surface area contributed by atoms with Gasteiger partial charge in [0.15, 0.2) is 0 Å². The number of carbonyl (C=O) groups is 1. The number of amides is 1. The predicted molar refractivity (Wildman–Crippen MR) is 177 cm³/mol. The molecule has 0 aromatic carbocycles. The quantitative estimate of drug-likeness (QED) is 0.190. The highest BCUT2D eigenvalue weighted by molar-refractivity contribution is 9.10. The van der Waals surface area contributed by atoms with Crippen LogP contribution >= 0.6 is 27.5 Å². The Hall–Kier alpha value is -2.63. The number of hydrogen-bond acceptors (Lipinski definition) is 8. The highest BCUT2D eigenvalue weighted by Crippen LogP contribution is 2.35. The van der Waals surface area contributed by atoms with Gasteiger partial charge in [-0.15, -0.1) is 0 Å². The molecule has 3 fully saturated rings. The second-order valence-electron chi connectivity index (χ2n) is 12.6. The van der Waals surface area contributed by atoms with Crippen LogP contribution in [0.15, 0.2) is 29.1 Å². The van der Waals surface area contributed by atoms with E-state index in [0.29, 0.717) is 17.8 Å². The minimum Gasteiger partial charge on any atom is -0.369 e. The van der Waals surface area contributed by atoms with Gasteiger partial charge in [0.25, 0.3) is 0 Å². The van der Waals surface area contributed by atoms with Crippen molar-refractivity contribution in [1.82, 2.24) is 34.6 Å². The van der Waals surface area contributed by atoms with Crippen LogP contribution in [0.3, 0.4) is 0 Å². The molecular weight excluding hydrogens is 642 g/mol. The van der Waals surface area contributed by atoms with Crippen molar-refractivity contribution in [3.8, 4) is 11.3 Å². The lowest BCUT2D eigenvalue weighted by molar-refractivity contribution is -0.136. The van der Waals surface area contributed by atoms with Crippen molar-refractivity contribution < 1.29 is 4.79 Å². The van der Waals surface area contributed by atoms with Crippen molar-refractivity contribution in [3.05, 3.63) is 45.9 Å². The van der Waals surface area contributed by atoms with E-state index in [4.69, 9.17) is 22.3 Å². The summed E-state index contributed by atoms with van der Waals surface area (Å²) in [5.41, 5.74) is 9.53. The maximum atomic E-state index is 11.9. The molecule has 3 aromatic heterocycles. The predicted octanol–water partition coefficient (Wildman–Crippen LogP) is 5.84. The molecule has 10 nitrogen and oxygen atoms in total. The van der Waals surface area contributed by atoms with Crippen LogP contribution in [0, 0.1) is 17.8 Å². The van der Waals surface area contributed by atoms with Gasteiger partial charge in [0.1, 0.15) is 11.6 Å². The first-order chi connectivity index (χ1) is 21.3. The third-order valence-corrected chi connectivity index (χ3v) is 9.86. The van der Waals surface area contributed by atoms with Crippen LogP contribution in [-0.4, -0.2) is 66.7 Å². The lowest BCUT2D eigenvalue weighted by atomic mass is 9.84. The number of aryl methyl sites for hydroxylation is 1. The first-order valence-electron chi connectivity index (χ1n) is 16.0. The van der Waals surface area contributed by atoms with E-state index in [1.165, 1.54) is 43.4 Å². The summed E-state index contributed by atoms with van der Waals surface area (Å²) >= 11 is 9.10. The van der Waals surface area contributed by atoms with E-state index in [1.807, 2.05) is 42.1 Å². The zero-order chi connectivity index (χ0) is 31.1. The number of hydrogen-bond donors (Lipinski definition) is 2. The Morgan fingerprint density at radius 2 is 1.80 bits per heavy atom. The SMILES string of the molecule is CN(CCCNc1nc(Cl)ncc1Br)C(=O)C1CCC1.Cn1ncc(-c2ccnc(CC3CCC(N)CC3)n2)c1CC1CC1. The molecule has 0 atom stereocenters. The van der Waals surface area contributed by atoms with Crippen LogP contribution in [-0.2, 0) is 24.7 Å². The zero-order valence-electron chi connectivity index (χ0n) is 25.9. The molecule has 0 radical (unpaired) electrons. The molecule has 0 unspecified atom stereocenters. The first-order valence-corrected chi connectivity index (χ1v) is 17.2. The summed E-state index contributed by atoms with van der Waals surface area (Å²) in [6, 6.07) is 2.42. The Balaban J connectivity index is 0.000000178. The Bertz CT molecular complexity index is 1390. The van der Waals surface area contributed by atoms with Crippen LogP contribution in [0.25, 0.3) is 11.3 Å². The fourth-order valence-corrected chi connectivity index (χ4v) is 6.35. The molecule has 1 amide bonds.